The molecule has 11 heteroatoms. The van der Waals surface area contributed by atoms with Crippen molar-refractivity contribution in [2.45, 2.75) is 31.1 Å². The van der Waals surface area contributed by atoms with Crippen molar-refractivity contribution in [1.82, 2.24) is 19.5 Å². The number of ether oxygens (including phenoxy) is 2. The van der Waals surface area contributed by atoms with Gasteiger partial charge in [0, 0.05) is 3.57 Å². The van der Waals surface area contributed by atoms with Crippen LogP contribution in [0.5, 0.6) is 5.88 Å². The molecule has 5 N–H and O–H groups in total. The van der Waals surface area contributed by atoms with Gasteiger partial charge in [-0.25, -0.2) is 4.98 Å². The summed E-state index contributed by atoms with van der Waals surface area (Å²) >= 11 is 2.22. The van der Waals surface area contributed by atoms with Crippen LogP contribution in [-0.2, 0) is 11.3 Å². The van der Waals surface area contributed by atoms with Crippen molar-refractivity contribution in [2.75, 3.05) is 12.3 Å². The molecule has 0 bridgehead atoms. The minimum absolute atomic E-state index is 0.0291. The number of hydrogen-bond acceptors (Lipinski definition) is 9. The summed E-state index contributed by atoms with van der Waals surface area (Å²) in [5.41, 5.74) is 7.41. The molecular weight excluding hydrogens is 479 g/mol. The smallest absolute Gasteiger partial charge is 0.247 e. The van der Waals surface area contributed by atoms with Crippen molar-refractivity contribution in [2.24, 2.45) is 0 Å². The number of imidazole rings is 1. The summed E-state index contributed by atoms with van der Waals surface area (Å²) in [5, 5.41) is 29.5. The second-order valence-electron chi connectivity index (χ2n) is 6.36. The molecule has 0 saturated carbocycles. The van der Waals surface area contributed by atoms with Crippen LogP contribution in [0.2, 0.25) is 0 Å². The van der Waals surface area contributed by atoms with Gasteiger partial charge >= 0.3 is 0 Å². The van der Waals surface area contributed by atoms with Crippen LogP contribution >= 0.6 is 22.6 Å². The molecular formula is C17H18IN5O5. The minimum atomic E-state index is -1.26. The van der Waals surface area contributed by atoms with Crippen LogP contribution in [-0.4, -0.2) is 59.8 Å². The van der Waals surface area contributed by atoms with E-state index < -0.39 is 31.1 Å². The summed E-state index contributed by atoms with van der Waals surface area (Å²) in [6, 6.07) is 7.84. The Labute approximate surface area is 173 Å². The zero-order valence-corrected chi connectivity index (χ0v) is 16.7. The van der Waals surface area contributed by atoms with Gasteiger partial charge in [-0.05, 0) is 40.3 Å². The Kier molecular flexibility index (Phi) is 5.33. The Hall–Kier alpha value is -2.06. The fraction of sp³-hybridized carbons (Fsp3) is 0.353. The number of fused-ring (bicyclic) bond motifs is 1. The zero-order valence-electron chi connectivity index (χ0n) is 14.5. The van der Waals surface area contributed by atoms with E-state index in [0.29, 0.717) is 11.2 Å². The van der Waals surface area contributed by atoms with Crippen LogP contribution in [0.3, 0.4) is 0 Å². The van der Waals surface area contributed by atoms with E-state index in [1.807, 2.05) is 24.3 Å². The van der Waals surface area contributed by atoms with Gasteiger partial charge in [0.1, 0.15) is 24.9 Å². The van der Waals surface area contributed by atoms with E-state index in [4.69, 9.17) is 15.2 Å². The second kappa shape index (κ2) is 7.75. The van der Waals surface area contributed by atoms with Gasteiger partial charge < -0.3 is 30.5 Å². The molecule has 0 aliphatic carbocycles. The van der Waals surface area contributed by atoms with E-state index >= 15 is 0 Å². The molecule has 148 valence electrons. The lowest BCUT2D eigenvalue weighted by Crippen LogP contribution is -2.33. The molecule has 0 amide bonds. The van der Waals surface area contributed by atoms with Crippen LogP contribution in [0.1, 0.15) is 11.8 Å². The lowest BCUT2D eigenvalue weighted by Gasteiger charge is -2.16. The highest BCUT2D eigenvalue weighted by molar-refractivity contribution is 14.1. The molecule has 1 aromatic carbocycles. The molecule has 0 radical (unpaired) electrons. The number of nitrogen functional groups attached to an aromatic ring is 1. The molecule has 10 nitrogen and oxygen atoms in total. The van der Waals surface area contributed by atoms with Gasteiger partial charge in [-0.3, -0.25) is 4.57 Å². The number of nitrogens with zero attached hydrogens (tertiary/aromatic N) is 4. The highest BCUT2D eigenvalue weighted by atomic mass is 125. The molecule has 3 aromatic rings. The van der Waals surface area contributed by atoms with Crippen molar-refractivity contribution in [3.8, 4) is 5.88 Å². The Morgan fingerprint density at radius 2 is 1.93 bits per heavy atom. The predicted molar refractivity (Wildman–Crippen MR) is 106 cm³/mol. The third kappa shape index (κ3) is 3.51. The number of aliphatic hydroxyl groups is 3. The Morgan fingerprint density at radius 3 is 2.61 bits per heavy atom. The first-order valence-corrected chi connectivity index (χ1v) is 9.55. The van der Waals surface area contributed by atoms with Gasteiger partial charge in [-0.1, -0.05) is 12.1 Å². The molecule has 28 heavy (non-hydrogen) atoms. The van der Waals surface area contributed by atoms with E-state index in [9.17, 15) is 15.3 Å². The molecule has 4 rings (SSSR count). The van der Waals surface area contributed by atoms with Gasteiger partial charge in [-0.15, -0.1) is 0 Å². The first-order chi connectivity index (χ1) is 13.5. The lowest BCUT2D eigenvalue weighted by atomic mass is 10.1. The van der Waals surface area contributed by atoms with Crippen molar-refractivity contribution in [3.63, 3.8) is 0 Å². The maximum Gasteiger partial charge on any atom is 0.247 e. The van der Waals surface area contributed by atoms with Gasteiger partial charge in [-0.2, -0.15) is 9.97 Å². The van der Waals surface area contributed by atoms with Crippen LogP contribution in [0, 0.1) is 3.57 Å². The Balaban J connectivity index is 1.64. The predicted octanol–water partition coefficient (Wildman–Crippen LogP) is 0.204. The largest absolute Gasteiger partial charge is 0.471 e. The number of rotatable bonds is 5. The van der Waals surface area contributed by atoms with E-state index in [0.717, 1.165) is 9.13 Å². The molecule has 2 aromatic heterocycles. The van der Waals surface area contributed by atoms with Crippen LogP contribution < -0.4 is 10.5 Å². The Morgan fingerprint density at radius 1 is 1.18 bits per heavy atom. The van der Waals surface area contributed by atoms with Crippen molar-refractivity contribution in [1.29, 1.82) is 0 Å². The molecule has 0 spiro atoms. The summed E-state index contributed by atoms with van der Waals surface area (Å²) in [7, 11) is 0. The summed E-state index contributed by atoms with van der Waals surface area (Å²) in [4.78, 5) is 12.5. The molecule has 1 aliphatic heterocycles. The standard InChI is InChI=1S/C17H18IN5O5/c18-9-3-1-8(2-4-9)6-27-15-11-14(21-17(19)22-15)23(7-20-11)16-13(26)12(25)10(5-24)28-16/h1-4,7,10,12-13,16,24-26H,5-6H2,(H2,19,21,22)/t10-,12-,13-,16-/m1/s1/i18-2. The first-order valence-electron chi connectivity index (χ1n) is 8.47. The number of aliphatic hydroxyl groups excluding tert-OH is 3. The van der Waals surface area contributed by atoms with Crippen molar-refractivity contribution >= 4 is 39.7 Å². The van der Waals surface area contributed by atoms with Crippen molar-refractivity contribution < 1.29 is 24.8 Å². The van der Waals surface area contributed by atoms with Gasteiger partial charge in [0.05, 0.1) is 12.9 Å². The monoisotopic (exact) mass is 497 g/mol. The number of benzene rings is 1. The van der Waals surface area contributed by atoms with Gasteiger partial charge in [0.2, 0.25) is 11.8 Å². The number of nitrogens with two attached hydrogens (primary N) is 1. The number of halogens is 1. The lowest BCUT2D eigenvalue weighted by molar-refractivity contribution is -0.0511. The fourth-order valence-electron chi connectivity index (χ4n) is 3.04. The quantitative estimate of drug-likeness (QED) is 0.363. The van der Waals surface area contributed by atoms with E-state index in [1.54, 1.807) is 0 Å². The molecule has 4 atom stereocenters. The maximum absolute atomic E-state index is 10.3. The van der Waals surface area contributed by atoms with E-state index in [1.165, 1.54) is 10.9 Å². The maximum atomic E-state index is 10.3. The molecule has 3 heterocycles. The highest BCUT2D eigenvalue weighted by Gasteiger charge is 2.44. The van der Waals surface area contributed by atoms with E-state index in [2.05, 4.69) is 37.5 Å². The van der Waals surface area contributed by atoms with Crippen LogP contribution in [0.15, 0.2) is 30.6 Å². The van der Waals surface area contributed by atoms with E-state index in [-0.39, 0.29) is 18.4 Å². The third-order valence-corrected chi connectivity index (χ3v) is 5.21. The second-order valence-corrected chi connectivity index (χ2v) is 7.60. The summed E-state index contributed by atoms with van der Waals surface area (Å²) in [6.45, 7) is -0.161. The molecule has 1 fully saturated rings. The molecule has 0 unspecified atom stereocenters. The number of anilines is 1. The number of hydrogen-bond donors (Lipinski definition) is 4. The molecule has 1 aliphatic rings. The fourth-order valence-corrected chi connectivity index (χ4v) is 3.40. The normalized spacial score (nSPS) is 24.7. The number of aromatic nitrogens is 4. The topological polar surface area (TPSA) is 149 Å². The minimum Gasteiger partial charge on any atom is -0.471 e. The van der Waals surface area contributed by atoms with Crippen LogP contribution in [0.4, 0.5) is 5.95 Å². The first kappa shape index (κ1) is 19.3. The summed E-state index contributed by atoms with van der Waals surface area (Å²) < 4.78 is 13.9. The summed E-state index contributed by atoms with van der Waals surface area (Å²) in [5.74, 6) is 0.171. The van der Waals surface area contributed by atoms with Gasteiger partial charge in [0.15, 0.2) is 17.4 Å². The summed E-state index contributed by atoms with van der Waals surface area (Å²) in [6.07, 6.45) is -2.98. The average Bonchev–Trinajstić information content (AvgIpc) is 3.22. The Bertz CT molecular complexity index is 982. The average molecular weight is 497 g/mol. The van der Waals surface area contributed by atoms with Gasteiger partial charge in [0.25, 0.3) is 0 Å². The highest BCUT2D eigenvalue weighted by Crippen LogP contribution is 2.33. The zero-order chi connectivity index (χ0) is 19.8. The van der Waals surface area contributed by atoms with Crippen LogP contribution in [0.25, 0.3) is 11.2 Å². The third-order valence-electron chi connectivity index (χ3n) is 4.49. The SMILES string of the molecule is Nc1nc(OCc2ccc([125I])cc2)c2ncn([C@@H]3O[C@H](CO)[C@@H](O)[C@H]3O)c2n1. The van der Waals surface area contributed by atoms with Crippen molar-refractivity contribution in [3.05, 3.63) is 39.7 Å². The molecule has 1 saturated heterocycles.